The lowest BCUT2D eigenvalue weighted by Gasteiger charge is -2.10. The van der Waals surface area contributed by atoms with Crippen molar-refractivity contribution in [2.24, 2.45) is 0 Å². The van der Waals surface area contributed by atoms with Gasteiger partial charge < -0.3 is 10.1 Å². The van der Waals surface area contributed by atoms with Crippen molar-refractivity contribution in [2.45, 2.75) is 26.5 Å². The Morgan fingerprint density at radius 2 is 2.05 bits per heavy atom. The Labute approximate surface area is 117 Å². The van der Waals surface area contributed by atoms with Crippen molar-refractivity contribution in [3.63, 3.8) is 0 Å². The van der Waals surface area contributed by atoms with Crippen LogP contribution in [0.4, 0.5) is 5.82 Å². The smallest absolute Gasteiger partial charge is 0.218 e. The summed E-state index contributed by atoms with van der Waals surface area (Å²) in [7, 11) is 0. The van der Waals surface area contributed by atoms with Gasteiger partial charge in [-0.15, -0.1) is 0 Å². The first-order chi connectivity index (χ1) is 9.15. The monoisotopic (exact) mass is 277 g/mol. The van der Waals surface area contributed by atoms with Crippen molar-refractivity contribution in [3.8, 4) is 5.88 Å². The van der Waals surface area contributed by atoms with E-state index in [1.165, 1.54) is 6.33 Å². The molecule has 1 N–H and O–H groups in total. The number of ether oxygens (including phenoxy) is 1. The zero-order chi connectivity index (χ0) is 13.7. The molecule has 0 spiro atoms. The van der Waals surface area contributed by atoms with Gasteiger partial charge in [0.25, 0.3) is 0 Å². The van der Waals surface area contributed by atoms with Crippen LogP contribution in [0.3, 0.4) is 0 Å². The lowest BCUT2D eigenvalue weighted by Crippen LogP contribution is -2.08. The van der Waals surface area contributed by atoms with Gasteiger partial charge in [-0.2, -0.15) is 0 Å². The fourth-order valence-corrected chi connectivity index (χ4v) is 1.77. The molecule has 0 saturated carbocycles. The Morgan fingerprint density at radius 1 is 1.26 bits per heavy atom. The third-order valence-electron chi connectivity index (χ3n) is 2.42. The number of halogens is 1. The molecule has 0 saturated heterocycles. The van der Waals surface area contributed by atoms with Gasteiger partial charge in [-0.3, -0.25) is 0 Å². The van der Waals surface area contributed by atoms with E-state index >= 15 is 0 Å². The van der Waals surface area contributed by atoms with Gasteiger partial charge in [0, 0.05) is 17.6 Å². The first-order valence-corrected chi connectivity index (χ1v) is 6.49. The molecular weight excluding hydrogens is 262 g/mol. The van der Waals surface area contributed by atoms with Crippen LogP contribution in [-0.4, -0.2) is 16.1 Å². The van der Waals surface area contributed by atoms with Gasteiger partial charge in [0.2, 0.25) is 5.88 Å². The highest BCUT2D eigenvalue weighted by molar-refractivity contribution is 6.31. The van der Waals surface area contributed by atoms with Gasteiger partial charge in [0.1, 0.15) is 12.1 Å². The Bertz CT molecular complexity index is 546. The third kappa shape index (κ3) is 4.10. The molecule has 0 aliphatic carbocycles. The van der Waals surface area contributed by atoms with E-state index in [1.54, 1.807) is 6.07 Å². The molecule has 0 amide bonds. The second-order valence-electron chi connectivity index (χ2n) is 4.35. The average Bonchev–Trinajstić information content (AvgIpc) is 2.37. The zero-order valence-electron chi connectivity index (χ0n) is 10.9. The highest BCUT2D eigenvalue weighted by atomic mass is 35.5. The normalized spacial score (nSPS) is 10.5. The highest BCUT2D eigenvalue weighted by Crippen LogP contribution is 2.17. The molecule has 0 unspecified atom stereocenters. The summed E-state index contributed by atoms with van der Waals surface area (Å²) in [6, 6.07) is 9.48. The van der Waals surface area contributed by atoms with E-state index in [0.717, 1.165) is 10.6 Å². The first kappa shape index (κ1) is 13.6. The Morgan fingerprint density at radius 3 is 2.79 bits per heavy atom. The van der Waals surface area contributed by atoms with Gasteiger partial charge in [-0.25, -0.2) is 9.97 Å². The highest BCUT2D eigenvalue weighted by Gasteiger charge is 2.03. The van der Waals surface area contributed by atoms with E-state index < -0.39 is 0 Å². The van der Waals surface area contributed by atoms with Crippen LogP contribution in [-0.2, 0) is 6.54 Å². The van der Waals surface area contributed by atoms with Crippen molar-refractivity contribution < 1.29 is 4.74 Å². The largest absolute Gasteiger partial charge is 0.475 e. The van der Waals surface area contributed by atoms with E-state index in [-0.39, 0.29) is 6.10 Å². The predicted molar refractivity (Wildman–Crippen MR) is 76.6 cm³/mol. The maximum Gasteiger partial charge on any atom is 0.218 e. The fraction of sp³-hybridized carbons (Fsp3) is 0.286. The number of hydrogen-bond acceptors (Lipinski definition) is 4. The summed E-state index contributed by atoms with van der Waals surface area (Å²) in [6.07, 6.45) is 1.57. The topological polar surface area (TPSA) is 47.0 Å². The molecule has 1 aromatic carbocycles. The molecule has 0 fully saturated rings. The van der Waals surface area contributed by atoms with Crippen molar-refractivity contribution in [2.75, 3.05) is 5.32 Å². The van der Waals surface area contributed by atoms with Crippen LogP contribution < -0.4 is 10.1 Å². The van der Waals surface area contributed by atoms with Crippen molar-refractivity contribution in [1.82, 2.24) is 9.97 Å². The van der Waals surface area contributed by atoms with Crippen molar-refractivity contribution in [1.29, 1.82) is 0 Å². The molecule has 0 aliphatic heterocycles. The van der Waals surface area contributed by atoms with E-state index in [2.05, 4.69) is 15.3 Å². The molecule has 1 aromatic heterocycles. The standard InChI is InChI=1S/C14H16ClN3O/c1-10(2)19-14-7-13(17-9-18-14)16-8-11-5-3-4-6-12(11)15/h3-7,9-10H,8H2,1-2H3,(H,16,17,18). The van der Waals surface area contributed by atoms with Gasteiger partial charge in [0.05, 0.1) is 6.10 Å². The minimum Gasteiger partial charge on any atom is -0.475 e. The van der Waals surface area contributed by atoms with Crippen LogP contribution in [0.2, 0.25) is 5.02 Å². The fourth-order valence-electron chi connectivity index (χ4n) is 1.57. The molecular formula is C14H16ClN3O. The quantitative estimate of drug-likeness (QED) is 0.908. The minimum atomic E-state index is 0.0892. The number of nitrogens with one attached hydrogen (secondary N) is 1. The van der Waals surface area contributed by atoms with Crippen LogP contribution in [0.1, 0.15) is 19.4 Å². The van der Waals surface area contributed by atoms with Crippen LogP contribution in [0.25, 0.3) is 0 Å². The molecule has 0 aliphatic rings. The number of hydrogen-bond donors (Lipinski definition) is 1. The summed E-state index contributed by atoms with van der Waals surface area (Å²) in [5.74, 6) is 1.28. The minimum absolute atomic E-state index is 0.0892. The van der Waals surface area contributed by atoms with Gasteiger partial charge in [-0.05, 0) is 25.5 Å². The molecule has 0 radical (unpaired) electrons. The maximum atomic E-state index is 6.09. The van der Waals surface area contributed by atoms with Crippen molar-refractivity contribution in [3.05, 3.63) is 47.2 Å². The first-order valence-electron chi connectivity index (χ1n) is 6.11. The second kappa shape index (κ2) is 6.38. The molecule has 2 rings (SSSR count). The van der Waals surface area contributed by atoms with Crippen LogP contribution in [0, 0.1) is 0 Å². The van der Waals surface area contributed by atoms with E-state index in [0.29, 0.717) is 18.2 Å². The van der Waals surface area contributed by atoms with Gasteiger partial charge >= 0.3 is 0 Å². The molecule has 4 nitrogen and oxygen atoms in total. The summed E-state index contributed by atoms with van der Waals surface area (Å²) in [5.41, 5.74) is 1.02. The molecule has 100 valence electrons. The van der Waals surface area contributed by atoms with Gasteiger partial charge in [-0.1, -0.05) is 29.8 Å². The van der Waals surface area contributed by atoms with Crippen molar-refractivity contribution >= 4 is 17.4 Å². The summed E-state index contributed by atoms with van der Waals surface area (Å²) in [5, 5.41) is 3.94. The van der Waals surface area contributed by atoms with E-state index in [1.807, 2.05) is 38.1 Å². The summed E-state index contributed by atoms with van der Waals surface area (Å²) >= 11 is 6.09. The average molecular weight is 278 g/mol. The molecule has 2 aromatic rings. The Hall–Kier alpha value is -1.81. The summed E-state index contributed by atoms with van der Waals surface area (Å²) < 4.78 is 5.51. The zero-order valence-corrected chi connectivity index (χ0v) is 11.7. The lowest BCUT2D eigenvalue weighted by atomic mass is 10.2. The number of anilines is 1. The number of rotatable bonds is 5. The summed E-state index contributed by atoms with van der Waals surface area (Å²) in [6.45, 7) is 4.52. The van der Waals surface area contributed by atoms with Crippen LogP contribution in [0.5, 0.6) is 5.88 Å². The van der Waals surface area contributed by atoms with Crippen LogP contribution >= 0.6 is 11.6 Å². The van der Waals surface area contributed by atoms with Crippen LogP contribution in [0.15, 0.2) is 36.7 Å². The molecule has 0 atom stereocenters. The van der Waals surface area contributed by atoms with E-state index in [4.69, 9.17) is 16.3 Å². The Balaban J connectivity index is 2.02. The molecule has 1 heterocycles. The third-order valence-corrected chi connectivity index (χ3v) is 2.78. The van der Waals surface area contributed by atoms with E-state index in [9.17, 15) is 0 Å². The van der Waals surface area contributed by atoms with Gasteiger partial charge in [0.15, 0.2) is 0 Å². The SMILES string of the molecule is CC(C)Oc1cc(NCc2ccccc2Cl)ncn1. The number of nitrogens with zero attached hydrogens (tertiary/aromatic N) is 2. The molecule has 5 heteroatoms. The Kier molecular flexibility index (Phi) is 4.58. The number of benzene rings is 1. The molecule has 0 bridgehead atoms. The predicted octanol–water partition coefficient (Wildman–Crippen LogP) is 3.53. The molecule has 19 heavy (non-hydrogen) atoms. The second-order valence-corrected chi connectivity index (χ2v) is 4.76. The number of aromatic nitrogens is 2. The lowest BCUT2D eigenvalue weighted by molar-refractivity contribution is 0.232. The maximum absolute atomic E-state index is 6.09. The summed E-state index contributed by atoms with van der Waals surface area (Å²) in [4.78, 5) is 8.20.